The van der Waals surface area contributed by atoms with E-state index < -0.39 is 5.97 Å². The fourth-order valence-corrected chi connectivity index (χ4v) is 3.60. The number of rotatable bonds is 3. The molecule has 1 aliphatic rings. The highest BCUT2D eigenvalue weighted by atomic mass is 79.9. The number of likely N-dealkylation sites (tertiary alicyclic amines) is 1. The van der Waals surface area contributed by atoms with Gasteiger partial charge in [-0.2, -0.15) is 0 Å². The Bertz CT molecular complexity index is 479. The van der Waals surface area contributed by atoms with Crippen LogP contribution in [0.15, 0.2) is 21.1 Å². The zero-order chi connectivity index (χ0) is 13.3. The third kappa shape index (κ3) is 2.87. The Balaban J connectivity index is 2.21. The molecule has 18 heavy (non-hydrogen) atoms. The fraction of sp³-hybridized carbons (Fsp3) is 0.417. The molecule has 1 aromatic carbocycles. The first-order valence-electron chi connectivity index (χ1n) is 5.69. The lowest BCUT2D eigenvalue weighted by molar-refractivity contribution is -0.142. The maximum absolute atomic E-state index is 11.1. The van der Waals surface area contributed by atoms with E-state index in [0.29, 0.717) is 18.7 Å². The molecule has 1 aromatic rings. The molecular weight excluding hydrogens is 364 g/mol. The van der Waals surface area contributed by atoms with Gasteiger partial charge in [-0.1, -0.05) is 15.9 Å². The maximum Gasteiger partial charge on any atom is 0.320 e. The van der Waals surface area contributed by atoms with E-state index >= 15 is 0 Å². The summed E-state index contributed by atoms with van der Waals surface area (Å²) >= 11 is 6.82. The average Bonchev–Trinajstić information content (AvgIpc) is 2.73. The van der Waals surface area contributed by atoms with Crippen molar-refractivity contribution in [3.05, 3.63) is 26.6 Å². The summed E-state index contributed by atoms with van der Waals surface area (Å²) in [5, 5.41) is 9.15. The molecule has 1 atom stereocenters. The van der Waals surface area contributed by atoms with Crippen molar-refractivity contribution in [3.63, 3.8) is 0 Å². The van der Waals surface area contributed by atoms with Crippen molar-refractivity contribution < 1.29 is 9.90 Å². The molecule has 0 unspecified atom stereocenters. The van der Waals surface area contributed by atoms with Crippen LogP contribution in [-0.2, 0) is 11.3 Å². The van der Waals surface area contributed by atoms with Gasteiger partial charge in [-0.25, -0.2) is 0 Å². The van der Waals surface area contributed by atoms with Gasteiger partial charge in [0.25, 0.3) is 0 Å². The number of carbonyl (C=O) groups is 1. The van der Waals surface area contributed by atoms with Gasteiger partial charge in [0.15, 0.2) is 0 Å². The molecule has 1 heterocycles. The normalized spacial score (nSPS) is 20.2. The van der Waals surface area contributed by atoms with Gasteiger partial charge >= 0.3 is 5.97 Å². The van der Waals surface area contributed by atoms with Crippen molar-refractivity contribution in [3.8, 4) is 0 Å². The summed E-state index contributed by atoms with van der Waals surface area (Å²) in [5.41, 5.74) is 7.63. The molecule has 0 bridgehead atoms. The fourth-order valence-electron chi connectivity index (χ4n) is 2.28. The molecule has 0 amide bonds. The van der Waals surface area contributed by atoms with Crippen LogP contribution in [0, 0.1) is 0 Å². The van der Waals surface area contributed by atoms with Crippen LogP contribution in [0.2, 0.25) is 0 Å². The lowest BCUT2D eigenvalue weighted by Crippen LogP contribution is -2.35. The molecule has 6 heteroatoms. The van der Waals surface area contributed by atoms with E-state index in [2.05, 4.69) is 31.9 Å². The highest BCUT2D eigenvalue weighted by Gasteiger charge is 2.30. The molecule has 1 saturated heterocycles. The first kappa shape index (κ1) is 13.8. The lowest BCUT2D eigenvalue weighted by atomic mass is 10.1. The van der Waals surface area contributed by atoms with Crippen LogP contribution < -0.4 is 5.73 Å². The predicted octanol–water partition coefficient (Wildman–Crippen LogP) is 2.84. The molecule has 0 saturated carbocycles. The minimum atomic E-state index is -0.750. The van der Waals surface area contributed by atoms with Gasteiger partial charge in [-0.15, -0.1) is 0 Å². The maximum atomic E-state index is 11.1. The summed E-state index contributed by atoms with van der Waals surface area (Å²) in [6.45, 7) is 1.38. The average molecular weight is 378 g/mol. The van der Waals surface area contributed by atoms with Gasteiger partial charge in [0.2, 0.25) is 0 Å². The number of anilines is 1. The topological polar surface area (TPSA) is 66.6 Å². The van der Waals surface area contributed by atoms with Gasteiger partial charge in [0.1, 0.15) is 6.04 Å². The molecule has 0 spiro atoms. The van der Waals surface area contributed by atoms with E-state index in [1.807, 2.05) is 17.0 Å². The quantitative estimate of drug-likeness (QED) is 0.795. The largest absolute Gasteiger partial charge is 0.480 e. The highest BCUT2D eigenvalue weighted by Crippen LogP contribution is 2.30. The van der Waals surface area contributed by atoms with Crippen molar-refractivity contribution in [2.75, 3.05) is 12.3 Å². The van der Waals surface area contributed by atoms with E-state index in [0.717, 1.165) is 27.5 Å². The summed E-state index contributed by atoms with van der Waals surface area (Å²) in [4.78, 5) is 13.1. The molecule has 4 nitrogen and oxygen atoms in total. The number of aliphatic carboxylic acids is 1. The van der Waals surface area contributed by atoms with Crippen LogP contribution in [-0.4, -0.2) is 28.6 Å². The molecule has 98 valence electrons. The van der Waals surface area contributed by atoms with E-state index in [9.17, 15) is 4.79 Å². The number of benzene rings is 1. The number of hydrogen-bond donors (Lipinski definition) is 2. The lowest BCUT2D eigenvalue weighted by Gasteiger charge is -2.22. The van der Waals surface area contributed by atoms with E-state index in [-0.39, 0.29) is 6.04 Å². The molecular formula is C12H14Br2N2O2. The third-order valence-electron chi connectivity index (χ3n) is 3.20. The standard InChI is InChI=1S/C12H14Br2N2O2/c13-8-4-7(11(15)9(14)5-8)6-16-3-1-2-10(16)12(17)18/h4-5,10H,1-3,6,15H2,(H,17,18)/t10-/m0/s1. The Labute approximate surface area is 122 Å². The Morgan fingerprint density at radius 1 is 1.50 bits per heavy atom. The van der Waals surface area contributed by atoms with Gasteiger partial charge in [0.05, 0.1) is 5.69 Å². The molecule has 3 N–H and O–H groups in total. The minimum Gasteiger partial charge on any atom is -0.480 e. The minimum absolute atomic E-state index is 0.387. The Morgan fingerprint density at radius 3 is 2.89 bits per heavy atom. The van der Waals surface area contributed by atoms with E-state index in [4.69, 9.17) is 10.8 Å². The van der Waals surface area contributed by atoms with Gasteiger partial charge in [-0.05, 0) is 53.0 Å². The van der Waals surface area contributed by atoms with Crippen LogP contribution in [0.4, 0.5) is 5.69 Å². The second kappa shape index (κ2) is 5.59. The van der Waals surface area contributed by atoms with Gasteiger partial charge in [-0.3, -0.25) is 9.69 Å². The van der Waals surface area contributed by atoms with Crippen LogP contribution in [0.1, 0.15) is 18.4 Å². The monoisotopic (exact) mass is 376 g/mol. The van der Waals surface area contributed by atoms with Gasteiger partial charge in [0, 0.05) is 15.5 Å². The summed E-state index contributed by atoms with van der Waals surface area (Å²) < 4.78 is 1.77. The Kier molecular flexibility index (Phi) is 4.29. The first-order chi connectivity index (χ1) is 8.49. The molecule has 0 radical (unpaired) electrons. The molecule has 2 rings (SSSR count). The van der Waals surface area contributed by atoms with Crippen LogP contribution in [0.5, 0.6) is 0 Å². The van der Waals surface area contributed by atoms with Crippen LogP contribution in [0.25, 0.3) is 0 Å². The first-order valence-corrected chi connectivity index (χ1v) is 7.28. The van der Waals surface area contributed by atoms with Crippen molar-refractivity contribution in [2.45, 2.75) is 25.4 Å². The summed E-state index contributed by atoms with van der Waals surface area (Å²) in [7, 11) is 0. The molecule has 0 aliphatic carbocycles. The van der Waals surface area contributed by atoms with Crippen molar-refractivity contribution >= 4 is 43.5 Å². The summed E-state index contributed by atoms with van der Waals surface area (Å²) in [5.74, 6) is -0.750. The number of carboxylic acid groups (broad SMARTS) is 1. The number of nitrogen functional groups attached to an aromatic ring is 1. The van der Waals surface area contributed by atoms with Crippen molar-refractivity contribution in [2.24, 2.45) is 0 Å². The second-order valence-corrected chi connectivity index (χ2v) is 6.20. The van der Waals surface area contributed by atoms with E-state index in [1.165, 1.54) is 0 Å². The zero-order valence-electron chi connectivity index (χ0n) is 9.70. The number of halogens is 2. The van der Waals surface area contributed by atoms with Crippen molar-refractivity contribution in [1.29, 1.82) is 0 Å². The Hall–Kier alpha value is -0.590. The molecule has 1 fully saturated rings. The van der Waals surface area contributed by atoms with Gasteiger partial charge < -0.3 is 10.8 Å². The number of hydrogen-bond acceptors (Lipinski definition) is 3. The number of nitrogens with two attached hydrogens (primary N) is 1. The highest BCUT2D eigenvalue weighted by molar-refractivity contribution is 9.11. The molecule has 1 aliphatic heterocycles. The third-order valence-corrected chi connectivity index (χ3v) is 4.32. The van der Waals surface area contributed by atoms with E-state index in [1.54, 1.807) is 0 Å². The second-order valence-electron chi connectivity index (χ2n) is 4.43. The van der Waals surface area contributed by atoms with Crippen LogP contribution in [0.3, 0.4) is 0 Å². The predicted molar refractivity (Wildman–Crippen MR) is 77.3 cm³/mol. The van der Waals surface area contributed by atoms with Crippen molar-refractivity contribution in [1.82, 2.24) is 4.90 Å². The number of nitrogens with zero attached hydrogens (tertiary/aromatic N) is 1. The smallest absolute Gasteiger partial charge is 0.320 e. The zero-order valence-corrected chi connectivity index (χ0v) is 12.9. The Morgan fingerprint density at radius 2 is 2.22 bits per heavy atom. The van der Waals surface area contributed by atoms with Crippen LogP contribution >= 0.6 is 31.9 Å². The number of carboxylic acids is 1. The molecule has 0 aromatic heterocycles. The summed E-state index contributed by atoms with van der Waals surface area (Å²) in [6.07, 6.45) is 1.64. The SMILES string of the molecule is Nc1c(Br)cc(Br)cc1CN1CCC[C@H]1C(=O)O. The summed E-state index contributed by atoms with van der Waals surface area (Å²) in [6, 6.07) is 3.44.